The fourth-order valence-electron chi connectivity index (χ4n) is 0.936. The first-order valence-electron chi connectivity index (χ1n) is 4.66. The van der Waals surface area contributed by atoms with Gasteiger partial charge in [-0.3, -0.25) is 9.59 Å². The summed E-state index contributed by atoms with van der Waals surface area (Å²) in [6, 6.07) is -1.22. The van der Waals surface area contributed by atoms with E-state index >= 15 is 0 Å². The van der Waals surface area contributed by atoms with Gasteiger partial charge in [-0.2, -0.15) is 0 Å². The van der Waals surface area contributed by atoms with Crippen LogP contribution in [0, 0.1) is 5.92 Å². The fraction of sp³-hybridized carbons (Fsp3) is 0.222. The molecular weight excluding hydrogens is 170 g/mol. The van der Waals surface area contributed by atoms with Gasteiger partial charge in [-0.05, 0) is 18.6 Å². The van der Waals surface area contributed by atoms with Gasteiger partial charge >= 0.3 is 5.97 Å². The second-order valence-corrected chi connectivity index (χ2v) is 2.70. The molecule has 0 heterocycles. The molecule has 0 saturated heterocycles. The van der Waals surface area contributed by atoms with Crippen molar-refractivity contribution in [1.29, 1.82) is 0 Å². The van der Waals surface area contributed by atoms with Crippen LogP contribution in [0.5, 0.6) is 0 Å². The Morgan fingerprint density at radius 2 is 2.15 bits per heavy atom. The van der Waals surface area contributed by atoms with E-state index in [4.69, 9.17) is 7.93 Å². The second-order valence-electron chi connectivity index (χ2n) is 2.70. The zero-order valence-corrected chi connectivity index (χ0v) is 6.80. The maximum atomic E-state index is 10.8. The van der Waals surface area contributed by atoms with Crippen molar-refractivity contribution in [1.82, 2.24) is 0 Å². The molecule has 0 saturated carbocycles. The third-order valence-electron chi connectivity index (χ3n) is 1.64. The van der Waals surface area contributed by atoms with Gasteiger partial charge in [-0.1, -0.05) is 12.2 Å². The summed E-state index contributed by atoms with van der Waals surface area (Å²) in [4.78, 5) is 21.4. The summed E-state index contributed by atoms with van der Waals surface area (Å²) in [5.41, 5.74) is 0.146. The van der Waals surface area contributed by atoms with Crippen LogP contribution in [0.15, 0.2) is 24.3 Å². The van der Waals surface area contributed by atoms with Gasteiger partial charge in [0, 0.05) is 5.92 Å². The van der Waals surface area contributed by atoms with Gasteiger partial charge in [0.25, 0.3) is 0 Å². The minimum Gasteiger partial charge on any atom is -0.480 e. The Bertz CT molecular complexity index is 309. The number of carbonyl (C=O) groups is 2. The van der Waals surface area contributed by atoms with Crippen molar-refractivity contribution in [2.75, 3.05) is 0 Å². The molecule has 4 nitrogen and oxygen atoms in total. The third kappa shape index (κ3) is 2.83. The average molecular weight is 182 g/mol. The van der Waals surface area contributed by atoms with Crippen LogP contribution in [-0.2, 0) is 9.59 Å². The van der Waals surface area contributed by atoms with Crippen LogP contribution in [0.1, 0.15) is 6.42 Å². The molecule has 0 fully saturated rings. The van der Waals surface area contributed by atoms with Crippen molar-refractivity contribution in [2.24, 2.45) is 5.72 Å². The molecule has 0 bridgehead atoms. The first-order chi connectivity index (χ1) is 7.00. The molecule has 0 aromatic carbocycles. The van der Waals surface area contributed by atoms with Crippen LogP contribution in [0.2, 0.25) is 2.82 Å². The Kier molecular flexibility index (Phi) is 2.16. The largest absolute Gasteiger partial charge is 0.480 e. The van der Waals surface area contributed by atoms with Crippen molar-refractivity contribution in [3.05, 3.63) is 30.2 Å². The van der Waals surface area contributed by atoms with E-state index in [0.717, 1.165) is 0 Å². The zero-order chi connectivity index (χ0) is 11.4. The lowest BCUT2D eigenvalue weighted by molar-refractivity contribution is -0.138. The van der Waals surface area contributed by atoms with E-state index in [2.05, 4.69) is 0 Å². The second kappa shape index (κ2) is 4.00. The van der Waals surface area contributed by atoms with Gasteiger partial charge in [0.05, 0.1) is 0 Å². The van der Waals surface area contributed by atoms with Crippen LogP contribution in [0.4, 0.5) is 0 Å². The van der Waals surface area contributed by atoms with Crippen molar-refractivity contribution < 1.29 is 17.5 Å². The molecule has 0 unspecified atom stereocenters. The lowest BCUT2D eigenvalue weighted by atomic mass is 9.95. The number of hydrogen-bond donors (Lipinski definition) is 2. The summed E-state index contributed by atoms with van der Waals surface area (Å²) in [6.07, 6.45) is 5.69. The maximum absolute atomic E-state index is 10.8. The molecule has 1 radical (unpaired) electrons. The Labute approximate surface area is 78.7 Å². The van der Waals surface area contributed by atoms with E-state index in [-0.39, 0.29) is 17.9 Å². The summed E-state index contributed by atoms with van der Waals surface area (Å²) in [5, 5.41) is 8.72. The van der Waals surface area contributed by atoms with Crippen LogP contribution in [0.25, 0.3) is 0 Å². The molecule has 13 heavy (non-hydrogen) atoms. The van der Waals surface area contributed by atoms with Crippen molar-refractivity contribution in [3.8, 4) is 0 Å². The molecule has 1 atom stereocenters. The van der Waals surface area contributed by atoms with Gasteiger partial charge in [0.15, 0.2) is 5.78 Å². The van der Waals surface area contributed by atoms with Crippen molar-refractivity contribution in [2.45, 2.75) is 12.5 Å². The minimum absolute atomic E-state index is 0.0304. The predicted molar refractivity (Wildman–Crippen MR) is 46.8 cm³/mol. The van der Waals surface area contributed by atoms with E-state index in [1.54, 1.807) is 0 Å². The first-order valence-corrected chi connectivity index (χ1v) is 3.76. The summed E-state index contributed by atoms with van der Waals surface area (Å²) >= 11 is 0. The summed E-state index contributed by atoms with van der Waals surface area (Å²) in [6.45, 7) is 0. The molecular formula is C9H10NO3. The Balaban J connectivity index is 2.60. The summed E-state index contributed by atoms with van der Waals surface area (Å²) < 4.78 is 13.8. The third-order valence-corrected chi connectivity index (χ3v) is 1.64. The van der Waals surface area contributed by atoms with Crippen LogP contribution in [-0.4, -0.2) is 22.9 Å². The number of carbonyl (C=O) groups excluding carboxylic acids is 1. The number of aliphatic carboxylic acids is 1. The predicted octanol–water partition coefficient (Wildman–Crippen LogP) is 0.0580. The smallest absolute Gasteiger partial charge is 0.320 e. The van der Waals surface area contributed by atoms with Crippen molar-refractivity contribution >= 4 is 11.8 Å². The lowest BCUT2D eigenvalue weighted by Gasteiger charge is -2.12. The Morgan fingerprint density at radius 3 is 2.62 bits per heavy atom. The van der Waals surface area contributed by atoms with Gasteiger partial charge < -0.3 is 10.8 Å². The SMILES string of the molecule is [2H]N([2H])[C@@H](C[C]1C=CC(=O)C=C1)C(=O)O. The van der Waals surface area contributed by atoms with Gasteiger partial charge in [-0.25, -0.2) is 0 Å². The van der Waals surface area contributed by atoms with Crippen molar-refractivity contribution in [3.63, 3.8) is 0 Å². The zero-order valence-electron chi connectivity index (χ0n) is 8.80. The normalized spacial score (nSPS) is 21.5. The van der Waals surface area contributed by atoms with Gasteiger partial charge in [0.2, 0.25) is 0 Å². The van der Waals surface area contributed by atoms with Crippen LogP contribution >= 0.6 is 0 Å². The monoisotopic (exact) mass is 182 g/mol. The Hall–Kier alpha value is -1.42. The van der Waals surface area contributed by atoms with Gasteiger partial charge in [0.1, 0.15) is 8.87 Å². The molecule has 1 rings (SSSR count). The van der Waals surface area contributed by atoms with Gasteiger partial charge in [-0.15, -0.1) is 0 Å². The molecule has 0 aromatic heterocycles. The number of carboxylic acids is 1. The average Bonchev–Trinajstić information content (AvgIpc) is 2.15. The molecule has 1 aliphatic rings. The standard InChI is InChI=1S/C9H10NO3/c10-8(9(12)13)5-6-1-3-7(11)4-2-6/h1-4,8H,5,10H2,(H,12,13)/t8-/m0/s1/i/hD2. The fourth-order valence-corrected chi connectivity index (χ4v) is 0.936. The lowest BCUT2D eigenvalue weighted by Crippen LogP contribution is -2.31. The Morgan fingerprint density at radius 1 is 1.54 bits per heavy atom. The van der Waals surface area contributed by atoms with E-state index in [9.17, 15) is 9.59 Å². The molecule has 1 aliphatic carbocycles. The topological polar surface area (TPSA) is 80.4 Å². The number of carboxylic acid groups (broad SMARTS) is 1. The summed E-state index contributed by atoms with van der Waals surface area (Å²) in [7, 11) is 0. The number of rotatable bonds is 4. The highest BCUT2D eigenvalue weighted by Gasteiger charge is 2.17. The van der Waals surface area contributed by atoms with E-state index < -0.39 is 12.0 Å². The van der Waals surface area contributed by atoms with E-state index in [1.807, 2.05) is 0 Å². The number of hydrogen-bond acceptors (Lipinski definition) is 3. The number of nitrogens with two attached hydrogens (primary N) is 1. The number of ketones is 1. The molecule has 4 heteroatoms. The quantitative estimate of drug-likeness (QED) is 0.644. The molecule has 0 spiro atoms. The minimum atomic E-state index is -1.23. The molecule has 0 aliphatic heterocycles. The van der Waals surface area contributed by atoms with E-state index in [0.29, 0.717) is 5.92 Å². The van der Waals surface area contributed by atoms with Crippen LogP contribution < -0.4 is 5.72 Å². The highest BCUT2D eigenvalue weighted by Crippen LogP contribution is 2.15. The molecule has 0 aromatic rings. The summed E-state index contributed by atoms with van der Waals surface area (Å²) in [5.74, 6) is -0.767. The molecule has 69 valence electrons. The molecule has 0 amide bonds. The number of allylic oxidation sites excluding steroid dienone is 4. The maximum Gasteiger partial charge on any atom is 0.320 e. The highest BCUT2D eigenvalue weighted by molar-refractivity contribution is 6.01. The van der Waals surface area contributed by atoms with Crippen LogP contribution in [0.3, 0.4) is 0 Å². The van der Waals surface area contributed by atoms with E-state index in [1.165, 1.54) is 24.3 Å². The highest BCUT2D eigenvalue weighted by atomic mass is 16.4. The first kappa shape index (κ1) is 7.03. The molecule has 3 N–H and O–H groups in total.